The van der Waals surface area contributed by atoms with Gasteiger partial charge in [-0.15, -0.1) is 0 Å². The quantitative estimate of drug-likeness (QED) is 0.597. The van der Waals surface area contributed by atoms with Gasteiger partial charge >= 0.3 is 0 Å². The second kappa shape index (κ2) is 8.71. The zero-order valence-electron chi connectivity index (χ0n) is 19.7. The van der Waals surface area contributed by atoms with Crippen LogP contribution in [0.15, 0.2) is 72.8 Å². The Bertz CT molecular complexity index is 1190. The van der Waals surface area contributed by atoms with Crippen LogP contribution < -0.4 is 14.5 Å². The Morgan fingerprint density at radius 3 is 2.38 bits per heavy atom. The Morgan fingerprint density at radius 2 is 1.59 bits per heavy atom. The smallest absolute Gasteiger partial charge is 0.228 e. The van der Waals surface area contributed by atoms with Gasteiger partial charge < -0.3 is 19.4 Å². The second-order valence-electron chi connectivity index (χ2n) is 9.62. The predicted octanol–water partition coefficient (Wildman–Crippen LogP) is 4.15. The van der Waals surface area contributed by atoms with E-state index in [4.69, 9.17) is 4.74 Å². The fraction of sp³-hybridized carbons (Fsp3) is 0.345. The normalized spacial score (nSPS) is 21.4. The number of nitrogens with zero attached hydrogens (tertiary/aromatic N) is 3. The van der Waals surface area contributed by atoms with Gasteiger partial charge in [0.1, 0.15) is 5.75 Å². The minimum absolute atomic E-state index is 0.0405. The molecule has 3 heterocycles. The monoisotopic (exact) mass is 453 g/mol. The number of rotatable bonds is 3. The molecule has 0 aliphatic carbocycles. The van der Waals surface area contributed by atoms with Gasteiger partial charge in [-0.25, -0.2) is 0 Å². The number of benzene rings is 3. The summed E-state index contributed by atoms with van der Waals surface area (Å²) < 4.78 is 5.35. The molecule has 1 fully saturated rings. The van der Waals surface area contributed by atoms with Crippen molar-refractivity contribution in [3.8, 4) is 5.75 Å². The topological polar surface area (TPSA) is 36.0 Å². The molecule has 3 aliphatic heterocycles. The van der Waals surface area contributed by atoms with E-state index < -0.39 is 0 Å². The summed E-state index contributed by atoms with van der Waals surface area (Å²) in [5.74, 6) is 1.13. The van der Waals surface area contributed by atoms with Crippen molar-refractivity contribution >= 4 is 17.3 Å². The molecular weight excluding hydrogens is 422 g/mol. The van der Waals surface area contributed by atoms with E-state index >= 15 is 0 Å². The van der Waals surface area contributed by atoms with Crippen molar-refractivity contribution < 1.29 is 9.53 Å². The maximum Gasteiger partial charge on any atom is 0.228 e. The first-order valence-electron chi connectivity index (χ1n) is 12.3. The first-order valence-corrected chi connectivity index (χ1v) is 12.3. The van der Waals surface area contributed by atoms with E-state index in [-0.39, 0.29) is 12.0 Å². The largest absolute Gasteiger partial charge is 0.497 e. The highest BCUT2D eigenvalue weighted by Gasteiger charge is 2.43. The summed E-state index contributed by atoms with van der Waals surface area (Å²) in [7, 11) is 1.70. The molecule has 3 aromatic carbocycles. The summed E-state index contributed by atoms with van der Waals surface area (Å²) in [5.41, 5.74) is 6.46. The Balaban J connectivity index is 1.29. The van der Waals surface area contributed by atoms with Crippen LogP contribution >= 0.6 is 0 Å². The van der Waals surface area contributed by atoms with Crippen molar-refractivity contribution in [2.75, 3.05) is 43.1 Å². The predicted molar refractivity (Wildman–Crippen MR) is 136 cm³/mol. The SMILES string of the molecule is COc1ccc(N2CCN3c4ccccc4CC(C(=O)N4CCc5ccccc5C4)C3C2)cc1. The van der Waals surface area contributed by atoms with E-state index in [1.165, 1.54) is 28.1 Å². The average Bonchev–Trinajstić information content (AvgIpc) is 2.91. The molecule has 0 spiro atoms. The Hall–Kier alpha value is -3.47. The standard InChI is InChI=1S/C29H31N3O2/c1-34-25-12-10-24(11-13-25)30-16-17-32-27-9-5-4-7-22(27)18-26(28(32)20-30)29(33)31-15-14-21-6-2-3-8-23(21)19-31/h2-13,26,28H,14-20H2,1H3. The summed E-state index contributed by atoms with van der Waals surface area (Å²) >= 11 is 0. The molecule has 5 nitrogen and oxygen atoms in total. The lowest BCUT2D eigenvalue weighted by atomic mass is 9.82. The van der Waals surface area contributed by atoms with E-state index in [0.29, 0.717) is 5.91 Å². The summed E-state index contributed by atoms with van der Waals surface area (Å²) in [5, 5.41) is 0. The number of carbonyl (C=O) groups is 1. The lowest BCUT2D eigenvalue weighted by molar-refractivity contribution is -0.137. The van der Waals surface area contributed by atoms with Gasteiger partial charge in [0.2, 0.25) is 5.91 Å². The van der Waals surface area contributed by atoms with Gasteiger partial charge in [-0.2, -0.15) is 0 Å². The van der Waals surface area contributed by atoms with Crippen molar-refractivity contribution in [2.45, 2.75) is 25.4 Å². The van der Waals surface area contributed by atoms with E-state index in [1.807, 2.05) is 12.1 Å². The number of fused-ring (bicyclic) bond motifs is 4. The van der Waals surface area contributed by atoms with Crippen LogP contribution in [-0.2, 0) is 24.2 Å². The summed E-state index contributed by atoms with van der Waals surface area (Å²) in [4.78, 5) is 21.1. The van der Waals surface area contributed by atoms with Crippen molar-refractivity contribution in [3.63, 3.8) is 0 Å². The summed E-state index contributed by atoms with van der Waals surface area (Å²) in [6, 6.07) is 25.7. The van der Waals surface area contributed by atoms with Crippen LogP contribution in [0.4, 0.5) is 11.4 Å². The first-order chi connectivity index (χ1) is 16.7. The Kier molecular flexibility index (Phi) is 5.40. The molecular formula is C29H31N3O2. The molecule has 1 amide bonds. The molecule has 174 valence electrons. The molecule has 5 heteroatoms. The molecule has 0 aromatic heterocycles. The van der Waals surface area contributed by atoms with Gasteiger partial charge in [-0.3, -0.25) is 4.79 Å². The maximum atomic E-state index is 14.0. The summed E-state index contributed by atoms with van der Waals surface area (Å²) in [6.45, 7) is 4.24. The molecule has 2 atom stereocenters. The molecule has 34 heavy (non-hydrogen) atoms. The molecule has 0 saturated carbocycles. The molecule has 1 saturated heterocycles. The maximum absolute atomic E-state index is 14.0. The van der Waals surface area contributed by atoms with Crippen LogP contribution in [0.25, 0.3) is 0 Å². The summed E-state index contributed by atoms with van der Waals surface area (Å²) in [6.07, 6.45) is 1.75. The number of amides is 1. The number of hydrogen-bond donors (Lipinski definition) is 0. The Labute approximate surface area is 201 Å². The van der Waals surface area contributed by atoms with Crippen LogP contribution in [0.1, 0.15) is 16.7 Å². The van der Waals surface area contributed by atoms with Crippen LogP contribution in [0, 0.1) is 5.92 Å². The third-order valence-corrected chi connectivity index (χ3v) is 7.82. The van der Waals surface area contributed by atoms with Gasteiger partial charge in [0.15, 0.2) is 0 Å². The van der Waals surface area contributed by atoms with Gasteiger partial charge in [-0.05, 0) is 59.9 Å². The number of anilines is 2. The lowest BCUT2D eigenvalue weighted by Crippen LogP contribution is -2.61. The number of para-hydroxylation sites is 1. The fourth-order valence-electron chi connectivity index (χ4n) is 5.99. The zero-order chi connectivity index (χ0) is 23.1. The van der Waals surface area contributed by atoms with Gasteiger partial charge in [0.25, 0.3) is 0 Å². The molecule has 3 aromatic rings. The van der Waals surface area contributed by atoms with Crippen molar-refractivity contribution in [2.24, 2.45) is 5.92 Å². The third-order valence-electron chi connectivity index (χ3n) is 7.82. The van der Waals surface area contributed by atoms with Crippen molar-refractivity contribution in [1.29, 1.82) is 0 Å². The van der Waals surface area contributed by atoms with Gasteiger partial charge in [0.05, 0.1) is 19.1 Å². The number of ether oxygens (including phenoxy) is 1. The Morgan fingerprint density at radius 1 is 0.853 bits per heavy atom. The number of methoxy groups -OCH3 is 1. The molecule has 0 radical (unpaired) electrons. The van der Waals surface area contributed by atoms with Crippen molar-refractivity contribution in [3.05, 3.63) is 89.5 Å². The fourth-order valence-corrected chi connectivity index (χ4v) is 5.99. The molecule has 2 unspecified atom stereocenters. The van der Waals surface area contributed by atoms with E-state index in [2.05, 4.69) is 75.4 Å². The highest BCUT2D eigenvalue weighted by molar-refractivity contribution is 5.83. The average molecular weight is 454 g/mol. The second-order valence-corrected chi connectivity index (χ2v) is 9.62. The number of hydrogen-bond acceptors (Lipinski definition) is 4. The van der Waals surface area contributed by atoms with E-state index in [1.54, 1.807) is 7.11 Å². The lowest BCUT2D eigenvalue weighted by Gasteiger charge is -2.50. The number of carbonyl (C=O) groups excluding carboxylic acids is 1. The van der Waals surface area contributed by atoms with Gasteiger partial charge in [0, 0.05) is 44.1 Å². The van der Waals surface area contributed by atoms with Crippen molar-refractivity contribution in [1.82, 2.24) is 4.90 Å². The first kappa shape index (κ1) is 21.1. The van der Waals surface area contributed by atoms with E-state index in [0.717, 1.165) is 51.3 Å². The van der Waals surface area contributed by atoms with Crippen LogP contribution in [0.5, 0.6) is 5.75 Å². The van der Waals surface area contributed by atoms with Crippen LogP contribution in [0.3, 0.4) is 0 Å². The molecule has 3 aliphatic rings. The highest BCUT2D eigenvalue weighted by Crippen LogP contribution is 2.38. The number of piperazine rings is 1. The molecule has 6 rings (SSSR count). The minimum Gasteiger partial charge on any atom is -0.497 e. The molecule has 0 N–H and O–H groups in total. The highest BCUT2D eigenvalue weighted by atomic mass is 16.5. The van der Waals surface area contributed by atoms with Gasteiger partial charge in [-0.1, -0.05) is 42.5 Å². The van der Waals surface area contributed by atoms with Crippen LogP contribution in [0.2, 0.25) is 0 Å². The zero-order valence-corrected chi connectivity index (χ0v) is 19.7. The van der Waals surface area contributed by atoms with Crippen LogP contribution in [-0.4, -0.2) is 50.1 Å². The molecule has 0 bridgehead atoms. The van der Waals surface area contributed by atoms with E-state index in [9.17, 15) is 4.79 Å². The minimum atomic E-state index is -0.0405. The third kappa shape index (κ3) is 3.69.